The molecule has 194 valence electrons. The molecule has 0 aliphatic carbocycles. The van der Waals surface area contributed by atoms with Gasteiger partial charge in [0.2, 0.25) is 0 Å². The standard InChI is InChI=1S/C21H19FN2O.C10H23N/c1-14-5-9-19(10-6-14)24(4)21(11-15(2)16(3)25)17-7-8-18(13-23)20(22)12-17;1-4-5-10(8-11)7-6-9(2)3/h5-12H,2H2,1,3-4H3;9-10H,4-8,11H2,1-3H3/b21-11-;. The average molecular weight is 492 g/mol. The van der Waals surface area contributed by atoms with Crippen LogP contribution in [-0.4, -0.2) is 19.4 Å². The van der Waals surface area contributed by atoms with Crippen molar-refractivity contribution >= 4 is 17.2 Å². The molecule has 0 aliphatic heterocycles. The van der Waals surface area contributed by atoms with Crippen LogP contribution in [0.2, 0.25) is 0 Å². The fraction of sp³-hybridized carbons (Fsp3) is 0.419. The lowest BCUT2D eigenvalue weighted by molar-refractivity contribution is -0.113. The number of hydrogen-bond donors (Lipinski definition) is 1. The monoisotopic (exact) mass is 491 g/mol. The number of aryl methyl sites for hydroxylation is 1. The molecule has 0 heterocycles. The zero-order valence-electron chi connectivity index (χ0n) is 22.8. The van der Waals surface area contributed by atoms with Gasteiger partial charge < -0.3 is 10.6 Å². The predicted octanol–water partition coefficient (Wildman–Crippen LogP) is 7.43. The molecule has 0 spiro atoms. The number of allylic oxidation sites excluding steroid dienone is 2. The highest BCUT2D eigenvalue weighted by Crippen LogP contribution is 2.27. The lowest BCUT2D eigenvalue weighted by Gasteiger charge is -2.24. The molecule has 2 aromatic carbocycles. The maximum atomic E-state index is 14.1. The van der Waals surface area contributed by atoms with E-state index in [0.29, 0.717) is 16.8 Å². The first kappa shape index (κ1) is 30.8. The molecule has 0 aliphatic rings. The topological polar surface area (TPSA) is 70.1 Å². The van der Waals surface area contributed by atoms with Gasteiger partial charge in [0, 0.05) is 29.6 Å². The predicted molar refractivity (Wildman–Crippen MR) is 150 cm³/mol. The van der Waals surface area contributed by atoms with Crippen LogP contribution in [0.25, 0.3) is 5.70 Å². The van der Waals surface area contributed by atoms with Crippen LogP contribution < -0.4 is 10.6 Å². The molecule has 36 heavy (non-hydrogen) atoms. The summed E-state index contributed by atoms with van der Waals surface area (Å²) >= 11 is 0. The molecule has 5 heteroatoms. The Morgan fingerprint density at radius 3 is 2.28 bits per heavy atom. The Morgan fingerprint density at radius 1 is 1.17 bits per heavy atom. The lowest BCUT2D eigenvalue weighted by atomic mass is 9.94. The van der Waals surface area contributed by atoms with E-state index in [1.807, 2.05) is 49.2 Å². The van der Waals surface area contributed by atoms with Crippen molar-refractivity contribution in [3.05, 3.63) is 83.2 Å². The van der Waals surface area contributed by atoms with Crippen LogP contribution in [0.3, 0.4) is 0 Å². The quantitative estimate of drug-likeness (QED) is 0.262. The number of ketones is 1. The molecule has 1 atom stereocenters. The number of rotatable bonds is 11. The van der Waals surface area contributed by atoms with Gasteiger partial charge in [0.15, 0.2) is 5.78 Å². The number of hydrogen-bond acceptors (Lipinski definition) is 4. The number of nitriles is 1. The first-order chi connectivity index (χ1) is 17.0. The van der Waals surface area contributed by atoms with E-state index in [-0.39, 0.29) is 11.3 Å². The number of halogens is 1. The summed E-state index contributed by atoms with van der Waals surface area (Å²) in [6.07, 6.45) is 6.87. The third-order valence-electron chi connectivity index (χ3n) is 6.11. The molecular formula is C31H42FN3O. The van der Waals surface area contributed by atoms with E-state index < -0.39 is 5.82 Å². The minimum absolute atomic E-state index is 0.0218. The van der Waals surface area contributed by atoms with Gasteiger partial charge in [0.1, 0.15) is 11.9 Å². The Bertz CT molecular complexity index is 1060. The second-order valence-electron chi connectivity index (χ2n) is 9.67. The first-order valence-corrected chi connectivity index (χ1v) is 12.7. The fourth-order valence-corrected chi connectivity index (χ4v) is 3.67. The van der Waals surface area contributed by atoms with Gasteiger partial charge in [-0.15, -0.1) is 0 Å². The number of nitrogens with two attached hydrogens (primary N) is 1. The van der Waals surface area contributed by atoms with Crippen molar-refractivity contribution in [3.63, 3.8) is 0 Å². The van der Waals surface area contributed by atoms with Gasteiger partial charge in [-0.2, -0.15) is 5.26 Å². The zero-order valence-corrected chi connectivity index (χ0v) is 22.8. The van der Waals surface area contributed by atoms with Gasteiger partial charge in [-0.25, -0.2) is 4.39 Å². The zero-order chi connectivity index (χ0) is 27.3. The van der Waals surface area contributed by atoms with E-state index in [9.17, 15) is 9.18 Å². The second-order valence-corrected chi connectivity index (χ2v) is 9.67. The van der Waals surface area contributed by atoms with Crippen molar-refractivity contribution in [2.75, 3.05) is 18.5 Å². The van der Waals surface area contributed by atoms with Crippen LogP contribution in [0.15, 0.2) is 60.7 Å². The molecule has 0 aromatic heterocycles. The third kappa shape index (κ3) is 10.2. The molecular weight excluding hydrogens is 449 g/mol. The van der Waals surface area contributed by atoms with Gasteiger partial charge in [0.25, 0.3) is 0 Å². The largest absolute Gasteiger partial charge is 0.344 e. The number of benzene rings is 2. The summed E-state index contributed by atoms with van der Waals surface area (Å²) in [5.74, 6) is 0.851. The number of carbonyl (C=O) groups excluding carboxylic acids is 1. The molecule has 0 fully saturated rings. The second kappa shape index (κ2) is 15.7. The summed E-state index contributed by atoms with van der Waals surface area (Å²) < 4.78 is 14.1. The van der Waals surface area contributed by atoms with Crippen LogP contribution in [0.5, 0.6) is 0 Å². The minimum Gasteiger partial charge on any atom is -0.344 e. The number of nitrogens with zero attached hydrogens (tertiary/aromatic N) is 2. The normalized spacial score (nSPS) is 11.8. The van der Waals surface area contributed by atoms with E-state index in [1.165, 1.54) is 44.7 Å². The third-order valence-corrected chi connectivity index (χ3v) is 6.11. The molecule has 0 radical (unpaired) electrons. The molecule has 4 nitrogen and oxygen atoms in total. The highest BCUT2D eigenvalue weighted by atomic mass is 19.1. The molecule has 2 rings (SSSR count). The Labute approximate surface area is 217 Å². The van der Waals surface area contributed by atoms with E-state index in [2.05, 4.69) is 27.4 Å². The van der Waals surface area contributed by atoms with E-state index >= 15 is 0 Å². The van der Waals surface area contributed by atoms with Gasteiger partial charge >= 0.3 is 0 Å². The summed E-state index contributed by atoms with van der Waals surface area (Å²) in [5, 5.41) is 8.91. The molecule has 2 N–H and O–H groups in total. The summed E-state index contributed by atoms with van der Waals surface area (Å²) in [7, 11) is 1.83. The highest BCUT2D eigenvalue weighted by Gasteiger charge is 2.14. The number of carbonyl (C=O) groups is 1. The van der Waals surface area contributed by atoms with Crippen LogP contribution in [-0.2, 0) is 4.79 Å². The molecule has 0 amide bonds. The highest BCUT2D eigenvalue weighted by molar-refractivity contribution is 5.98. The Kier molecular flexibility index (Phi) is 13.4. The van der Waals surface area contributed by atoms with Gasteiger partial charge in [0.05, 0.1) is 5.56 Å². The van der Waals surface area contributed by atoms with Crippen LogP contribution in [0, 0.1) is 35.9 Å². The maximum absolute atomic E-state index is 14.1. The van der Waals surface area contributed by atoms with Crippen LogP contribution in [0.1, 0.15) is 70.1 Å². The summed E-state index contributed by atoms with van der Waals surface area (Å²) in [5.41, 5.74) is 9.13. The Hall–Kier alpha value is -3.23. The van der Waals surface area contributed by atoms with Gasteiger partial charge in [-0.05, 0) is 75.4 Å². The van der Waals surface area contributed by atoms with Crippen molar-refractivity contribution in [1.29, 1.82) is 5.26 Å². The van der Waals surface area contributed by atoms with E-state index in [0.717, 1.165) is 29.6 Å². The molecule has 2 aromatic rings. The number of Topliss-reactive ketones (excluding diaryl/α,β-unsaturated/α-hetero) is 1. The minimum atomic E-state index is -0.600. The van der Waals surface area contributed by atoms with Crippen LogP contribution in [0.4, 0.5) is 10.1 Å². The lowest BCUT2D eigenvalue weighted by Crippen LogP contribution is -2.16. The van der Waals surface area contributed by atoms with E-state index in [4.69, 9.17) is 11.0 Å². The summed E-state index contributed by atoms with van der Waals surface area (Å²) in [6, 6.07) is 14.0. The summed E-state index contributed by atoms with van der Waals surface area (Å²) in [6.45, 7) is 14.9. The summed E-state index contributed by atoms with van der Waals surface area (Å²) in [4.78, 5) is 13.5. The number of anilines is 1. The SMILES string of the molecule is C=C(/C=C(/c1ccc(C#N)c(F)c1)N(C)c1ccc(C)cc1)C(C)=O.CCCC(CN)CCC(C)C. The molecule has 1 unspecified atom stereocenters. The average Bonchev–Trinajstić information content (AvgIpc) is 2.85. The van der Waals surface area contributed by atoms with Crippen molar-refractivity contribution in [2.24, 2.45) is 17.6 Å². The van der Waals surface area contributed by atoms with E-state index in [1.54, 1.807) is 12.1 Å². The molecule has 0 saturated carbocycles. The molecule has 0 bridgehead atoms. The first-order valence-electron chi connectivity index (χ1n) is 12.7. The van der Waals surface area contributed by atoms with Crippen molar-refractivity contribution in [1.82, 2.24) is 0 Å². The van der Waals surface area contributed by atoms with Crippen molar-refractivity contribution in [3.8, 4) is 6.07 Å². The smallest absolute Gasteiger partial charge is 0.159 e. The Balaban J connectivity index is 0.000000497. The maximum Gasteiger partial charge on any atom is 0.159 e. The fourth-order valence-electron chi connectivity index (χ4n) is 3.67. The van der Waals surface area contributed by atoms with Crippen LogP contribution >= 0.6 is 0 Å². The van der Waals surface area contributed by atoms with Gasteiger partial charge in [-0.3, -0.25) is 4.79 Å². The molecule has 0 saturated heterocycles. The van der Waals surface area contributed by atoms with Crippen molar-refractivity contribution in [2.45, 2.75) is 60.3 Å². The van der Waals surface area contributed by atoms with Crippen molar-refractivity contribution < 1.29 is 9.18 Å². The Morgan fingerprint density at radius 2 is 1.81 bits per heavy atom. The van der Waals surface area contributed by atoms with Gasteiger partial charge in [-0.1, -0.05) is 64.0 Å².